The Balaban J connectivity index is 0.00000117. The summed E-state index contributed by atoms with van der Waals surface area (Å²) in [5, 5.41) is 3.42. The summed E-state index contributed by atoms with van der Waals surface area (Å²) in [4.78, 5) is 17.4. The summed E-state index contributed by atoms with van der Waals surface area (Å²) in [5.41, 5.74) is 3.75. The van der Waals surface area contributed by atoms with Crippen LogP contribution < -0.4 is 15.6 Å². The number of allylic oxidation sites excluding steroid dienone is 9. The SMILES string of the molecule is CC.COc1cnc(NC2=C3CCC(C)(C=C2)C3)n(CC2=CC=CC=CC2)c1=O. The third-order valence-corrected chi connectivity index (χ3v) is 5.56. The summed E-state index contributed by atoms with van der Waals surface area (Å²) in [6, 6.07) is 0. The van der Waals surface area contributed by atoms with Crippen molar-refractivity contribution in [2.45, 2.75) is 53.0 Å². The maximum absolute atomic E-state index is 12.9. The van der Waals surface area contributed by atoms with E-state index in [2.05, 4.69) is 41.5 Å². The second-order valence-corrected chi connectivity index (χ2v) is 7.69. The molecule has 154 valence electrons. The van der Waals surface area contributed by atoms with Crippen molar-refractivity contribution < 1.29 is 4.74 Å². The van der Waals surface area contributed by atoms with Crippen LogP contribution in [0.25, 0.3) is 0 Å². The number of aromatic nitrogens is 2. The van der Waals surface area contributed by atoms with Gasteiger partial charge < -0.3 is 10.1 Å². The predicted molar refractivity (Wildman–Crippen MR) is 119 cm³/mol. The lowest BCUT2D eigenvalue weighted by atomic mass is 9.85. The second kappa shape index (κ2) is 9.12. The Morgan fingerprint density at radius 2 is 2.10 bits per heavy atom. The number of methoxy groups -OCH3 is 1. The van der Waals surface area contributed by atoms with E-state index in [9.17, 15) is 4.79 Å². The Labute approximate surface area is 173 Å². The van der Waals surface area contributed by atoms with Gasteiger partial charge in [0.25, 0.3) is 5.56 Å². The molecule has 5 heteroatoms. The van der Waals surface area contributed by atoms with Crippen molar-refractivity contribution >= 4 is 5.95 Å². The summed E-state index contributed by atoms with van der Waals surface area (Å²) in [6.07, 6.45) is 20.2. The lowest BCUT2D eigenvalue weighted by molar-refractivity contribution is 0.401. The van der Waals surface area contributed by atoms with Crippen LogP contribution in [-0.4, -0.2) is 16.7 Å². The zero-order chi connectivity index (χ0) is 20.9. The van der Waals surface area contributed by atoms with Crippen LogP contribution in [0.1, 0.15) is 46.5 Å². The first kappa shape index (κ1) is 20.9. The van der Waals surface area contributed by atoms with Gasteiger partial charge in [-0.1, -0.05) is 57.2 Å². The normalized spacial score (nSPS) is 22.0. The van der Waals surface area contributed by atoms with Gasteiger partial charge in [0.2, 0.25) is 11.7 Å². The molecule has 1 saturated carbocycles. The molecule has 1 heterocycles. The summed E-state index contributed by atoms with van der Waals surface area (Å²) in [5.74, 6) is 0.813. The molecule has 29 heavy (non-hydrogen) atoms. The number of rotatable bonds is 5. The largest absolute Gasteiger partial charge is 0.490 e. The van der Waals surface area contributed by atoms with Crippen LogP contribution in [0.3, 0.4) is 0 Å². The molecule has 1 atom stereocenters. The molecule has 0 amide bonds. The molecule has 0 aliphatic heterocycles. The van der Waals surface area contributed by atoms with Gasteiger partial charge in [-0.15, -0.1) is 0 Å². The highest BCUT2D eigenvalue weighted by molar-refractivity contribution is 5.48. The molecule has 1 unspecified atom stereocenters. The van der Waals surface area contributed by atoms with Gasteiger partial charge in [0, 0.05) is 5.70 Å². The molecule has 1 fully saturated rings. The molecule has 0 spiro atoms. The van der Waals surface area contributed by atoms with E-state index in [1.807, 2.05) is 32.1 Å². The van der Waals surface area contributed by atoms with E-state index >= 15 is 0 Å². The fraction of sp³-hybridized carbons (Fsp3) is 0.417. The summed E-state index contributed by atoms with van der Waals surface area (Å²) >= 11 is 0. The van der Waals surface area contributed by atoms with Crippen molar-refractivity contribution in [3.05, 3.63) is 75.9 Å². The van der Waals surface area contributed by atoms with Crippen molar-refractivity contribution in [2.24, 2.45) is 5.41 Å². The van der Waals surface area contributed by atoms with E-state index < -0.39 is 0 Å². The van der Waals surface area contributed by atoms with E-state index in [1.165, 1.54) is 25.3 Å². The van der Waals surface area contributed by atoms with E-state index in [4.69, 9.17) is 4.74 Å². The first-order valence-electron chi connectivity index (χ1n) is 10.4. The van der Waals surface area contributed by atoms with Crippen LogP contribution in [0, 0.1) is 5.41 Å². The molecule has 1 aromatic rings. The Bertz CT molecular complexity index is 963. The number of anilines is 1. The first-order valence-corrected chi connectivity index (χ1v) is 10.4. The number of hydrogen-bond acceptors (Lipinski definition) is 4. The Morgan fingerprint density at radius 1 is 1.28 bits per heavy atom. The van der Waals surface area contributed by atoms with Crippen LogP contribution in [-0.2, 0) is 6.54 Å². The second-order valence-electron chi connectivity index (χ2n) is 7.69. The molecule has 3 aliphatic rings. The van der Waals surface area contributed by atoms with Crippen molar-refractivity contribution in [3.63, 3.8) is 0 Å². The highest BCUT2D eigenvalue weighted by atomic mass is 16.5. The van der Waals surface area contributed by atoms with Crippen LogP contribution in [0.2, 0.25) is 0 Å². The topological polar surface area (TPSA) is 56.1 Å². The third-order valence-electron chi connectivity index (χ3n) is 5.56. The standard InChI is InChI=1S/C22H25N3O2.C2H6/c1-22-11-9-17(13-22)18(10-12-22)24-21-23-14-19(27-2)20(26)25(21)15-16-7-5-3-4-6-8-16;1-2/h3-7,10,12,14H,8-9,11,13,15H2,1-2H3,(H,23,24);1-2H3. The first-order chi connectivity index (χ1) is 14.1. The molecule has 0 aromatic carbocycles. The minimum absolute atomic E-state index is 0.172. The molecule has 1 aromatic heterocycles. The minimum Gasteiger partial charge on any atom is -0.490 e. The fourth-order valence-electron chi connectivity index (χ4n) is 3.93. The van der Waals surface area contributed by atoms with Gasteiger partial charge >= 0.3 is 0 Å². The van der Waals surface area contributed by atoms with E-state index in [0.717, 1.165) is 30.5 Å². The highest BCUT2D eigenvalue weighted by Gasteiger charge is 2.33. The summed E-state index contributed by atoms with van der Waals surface area (Å²) < 4.78 is 6.88. The average Bonchev–Trinajstić information content (AvgIpc) is 2.88. The molecular weight excluding hydrogens is 362 g/mol. The number of ether oxygens (including phenoxy) is 1. The fourth-order valence-corrected chi connectivity index (χ4v) is 3.93. The number of hydrogen-bond donors (Lipinski definition) is 1. The van der Waals surface area contributed by atoms with E-state index in [0.29, 0.717) is 12.5 Å². The van der Waals surface area contributed by atoms with Gasteiger partial charge in [-0.3, -0.25) is 9.36 Å². The smallest absolute Gasteiger partial charge is 0.297 e. The molecule has 1 N–H and O–H groups in total. The van der Waals surface area contributed by atoms with Crippen LogP contribution >= 0.6 is 0 Å². The Morgan fingerprint density at radius 3 is 2.90 bits per heavy atom. The lowest BCUT2D eigenvalue weighted by Gasteiger charge is -2.23. The minimum atomic E-state index is -0.172. The molecular formula is C24H31N3O2. The van der Waals surface area contributed by atoms with Crippen molar-refractivity contribution in [2.75, 3.05) is 12.4 Å². The average molecular weight is 394 g/mol. The lowest BCUT2D eigenvalue weighted by Crippen LogP contribution is -2.26. The van der Waals surface area contributed by atoms with E-state index in [1.54, 1.807) is 4.57 Å². The van der Waals surface area contributed by atoms with Gasteiger partial charge in [-0.25, -0.2) is 4.98 Å². The monoisotopic (exact) mass is 393 g/mol. The Kier molecular flexibility index (Phi) is 6.57. The molecule has 0 radical (unpaired) electrons. The van der Waals surface area contributed by atoms with E-state index in [-0.39, 0.29) is 16.7 Å². The highest BCUT2D eigenvalue weighted by Crippen LogP contribution is 2.46. The van der Waals surface area contributed by atoms with Gasteiger partial charge in [0.1, 0.15) is 0 Å². The quantitative estimate of drug-likeness (QED) is 0.752. The molecule has 2 bridgehead atoms. The molecule has 5 nitrogen and oxygen atoms in total. The molecule has 4 rings (SSSR count). The summed E-state index contributed by atoms with van der Waals surface area (Å²) in [6.45, 7) is 6.78. The van der Waals surface area contributed by atoms with Crippen molar-refractivity contribution in [1.29, 1.82) is 0 Å². The third kappa shape index (κ3) is 4.61. The number of nitrogens with zero attached hydrogens (tertiary/aromatic N) is 2. The van der Waals surface area contributed by atoms with Crippen LogP contribution in [0.15, 0.2) is 70.4 Å². The van der Waals surface area contributed by atoms with Gasteiger partial charge in [0.05, 0.1) is 19.9 Å². The van der Waals surface area contributed by atoms with Crippen molar-refractivity contribution in [3.8, 4) is 5.75 Å². The maximum atomic E-state index is 12.9. The summed E-state index contributed by atoms with van der Waals surface area (Å²) in [7, 11) is 1.50. The van der Waals surface area contributed by atoms with Gasteiger partial charge in [0.15, 0.2) is 0 Å². The zero-order valence-corrected chi connectivity index (χ0v) is 17.9. The van der Waals surface area contributed by atoms with Gasteiger partial charge in [-0.2, -0.15) is 0 Å². The maximum Gasteiger partial charge on any atom is 0.297 e. The van der Waals surface area contributed by atoms with Crippen LogP contribution in [0.5, 0.6) is 5.75 Å². The number of nitrogens with one attached hydrogen (secondary N) is 1. The van der Waals surface area contributed by atoms with Crippen LogP contribution in [0.4, 0.5) is 5.95 Å². The number of fused-ring (bicyclic) bond motifs is 2. The molecule has 3 aliphatic carbocycles. The predicted octanol–water partition coefficient (Wildman–Crippen LogP) is 5.15. The molecule has 0 saturated heterocycles. The Hall–Kier alpha value is -2.82. The van der Waals surface area contributed by atoms with Crippen molar-refractivity contribution in [1.82, 2.24) is 9.55 Å². The van der Waals surface area contributed by atoms with Gasteiger partial charge in [-0.05, 0) is 48.3 Å². The zero-order valence-electron chi connectivity index (χ0n) is 17.9.